The second-order valence-electron chi connectivity index (χ2n) is 11.0. The van der Waals surface area contributed by atoms with Gasteiger partial charge >= 0.3 is 23.9 Å². The predicted molar refractivity (Wildman–Crippen MR) is 123 cm³/mol. The fourth-order valence-electron chi connectivity index (χ4n) is 6.76. The van der Waals surface area contributed by atoms with Gasteiger partial charge in [0, 0.05) is 26.7 Å². The summed E-state index contributed by atoms with van der Waals surface area (Å²) in [6.07, 6.45) is -0.416. The number of carbonyl (C=O) groups excluding carboxylic acids is 4. The molecule has 2 heterocycles. The minimum absolute atomic E-state index is 0.323. The number of esters is 4. The van der Waals surface area contributed by atoms with Gasteiger partial charge in [-0.2, -0.15) is 0 Å². The van der Waals surface area contributed by atoms with E-state index >= 15 is 0 Å². The van der Waals surface area contributed by atoms with Crippen molar-refractivity contribution in [2.24, 2.45) is 17.3 Å². The number of carbonyl (C=O) groups is 4. The van der Waals surface area contributed by atoms with E-state index in [9.17, 15) is 24.3 Å². The van der Waals surface area contributed by atoms with Crippen LogP contribution in [0.2, 0.25) is 0 Å². The fraction of sp³-hybridized carbons (Fsp3) is 0.769. The van der Waals surface area contributed by atoms with Crippen molar-refractivity contribution in [1.29, 1.82) is 0 Å². The minimum atomic E-state index is -1.94. The first-order valence-corrected chi connectivity index (χ1v) is 12.5. The van der Waals surface area contributed by atoms with E-state index in [1.165, 1.54) is 20.8 Å². The summed E-state index contributed by atoms with van der Waals surface area (Å²) in [4.78, 5) is 49.8. The lowest BCUT2D eigenvalue weighted by molar-refractivity contribution is -0.242. The van der Waals surface area contributed by atoms with E-state index in [0.29, 0.717) is 32.3 Å². The lowest BCUT2D eigenvalue weighted by Gasteiger charge is -2.56. The SMILES string of the molecule is CC(=O)O[C@H]1CC/C(C)=C\[C@@H]2OC(=O)[C@H](C)[C@@]2(O)[C@@H](OC(C)=O)[C@H]2[C@]3(CC[C@H](OC(C)=O)[C@]12C)CO3. The van der Waals surface area contributed by atoms with Crippen LogP contribution in [0.5, 0.6) is 0 Å². The van der Waals surface area contributed by atoms with Gasteiger partial charge in [-0.25, -0.2) is 0 Å². The van der Waals surface area contributed by atoms with Gasteiger partial charge in [-0.05, 0) is 45.6 Å². The van der Waals surface area contributed by atoms with Crippen molar-refractivity contribution >= 4 is 23.9 Å². The first-order valence-electron chi connectivity index (χ1n) is 12.5. The Morgan fingerprint density at radius 3 is 2.11 bits per heavy atom. The van der Waals surface area contributed by atoms with Gasteiger partial charge in [0.15, 0.2) is 11.7 Å². The molecule has 4 rings (SSSR count). The molecule has 0 aromatic carbocycles. The summed E-state index contributed by atoms with van der Waals surface area (Å²) in [6.45, 7) is 9.38. The Labute approximate surface area is 210 Å². The number of rotatable bonds is 3. The maximum Gasteiger partial charge on any atom is 0.312 e. The molecule has 1 saturated carbocycles. The number of hydrogen-bond acceptors (Lipinski definition) is 10. The van der Waals surface area contributed by atoms with Crippen molar-refractivity contribution in [2.45, 2.75) is 103 Å². The van der Waals surface area contributed by atoms with Gasteiger partial charge in [0.25, 0.3) is 0 Å². The van der Waals surface area contributed by atoms with E-state index in [1.54, 1.807) is 13.0 Å². The molecule has 0 bridgehead atoms. The van der Waals surface area contributed by atoms with Crippen LogP contribution in [0.4, 0.5) is 0 Å². The van der Waals surface area contributed by atoms with Crippen LogP contribution in [0.1, 0.15) is 67.2 Å². The van der Waals surface area contributed by atoms with Crippen molar-refractivity contribution in [3.8, 4) is 0 Å². The van der Waals surface area contributed by atoms with E-state index < -0.39 is 76.7 Å². The molecule has 36 heavy (non-hydrogen) atoms. The van der Waals surface area contributed by atoms with Crippen LogP contribution in [0.25, 0.3) is 0 Å². The van der Waals surface area contributed by atoms with E-state index in [2.05, 4.69) is 0 Å². The average Bonchev–Trinajstić information content (AvgIpc) is 3.50. The van der Waals surface area contributed by atoms with Gasteiger partial charge in [-0.3, -0.25) is 19.2 Å². The standard InChI is InChI=1S/C26H36O10/c1-13-7-8-18(33-15(3)27)24(6)19(34-16(4)28)9-10-25(12-32-25)21(24)22(35-17(5)29)26(31)14(2)23(30)36-20(26)11-13/h11,14,18-22,31H,7-10,12H2,1-6H3/b13-11-/t14-,18-,19-,20-,21+,22-,24-,25-,26-/m0/s1. The number of allylic oxidation sites excluding steroid dienone is 1. The third kappa shape index (κ3) is 4.22. The molecule has 2 aliphatic carbocycles. The van der Waals surface area contributed by atoms with Crippen LogP contribution in [0, 0.1) is 17.3 Å². The van der Waals surface area contributed by atoms with Crippen molar-refractivity contribution in [3.05, 3.63) is 11.6 Å². The largest absolute Gasteiger partial charge is 0.462 e. The van der Waals surface area contributed by atoms with Crippen molar-refractivity contribution in [1.82, 2.24) is 0 Å². The summed E-state index contributed by atoms with van der Waals surface area (Å²) in [5, 5.41) is 12.3. The van der Waals surface area contributed by atoms with Gasteiger partial charge < -0.3 is 28.8 Å². The second kappa shape index (κ2) is 9.13. The summed E-state index contributed by atoms with van der Waals surface area (Å²) < 4.78 is 29.2. The summed E-state index contributed by atoms with van der Waals surface area (Å²) in [7, 11) is 0. The Balaban J connectivity index is 2.00. The second-order valence-corrected chi connectivity index (χ2v) is 11.0. The maximum atomic E-state index is 12.8. The van der Waals surface area contributed by atoms with Gasteiger partial charge in [-0.15, -0.1) is 0 Å². The molecule has 10 nitrogen and oxygen atoms in total. The topological polar surface area (TPSA) is 138 Å². The highest BCUT2D eigenvalue weighted by atomic mass is 16.6. The van der Waals surface area contributed by atoms with Crippen LogP contribution in [0.3, 0.4) is 0 Å². The maximum absolute atomic E-state index is 12.8. The number of ether oxygens (including phenoxy) is 5. The molecule has 4 aliphatic rings. The number of hydrogen-bond donors (Lipinski definition) is 1. The molecule has 2 aliphatic heterocycles. The Morgan fingerprint density at radius 1 is 1.03 bits per heavy atom. The minimum Gasteiger partial charge on any atom is -0.462 e. The molecule has 200 valence electrons. The third-order valence-corrected chi connectivity index (χ3v) is 8.62. The summed E-state index contributed by atoms with van der Waals surface area (Å²) in [6, 6.07) is 0. The molecular weight excluding hydrogens is 472 g/mol. The molecule has 3 fully saturated rings. The molecular formula is C26H36O10. The monoisotopic (exact) mass is 508 g/mol. The molecule has 0 amide bonds. The van der Waals surface area contributed by atoms with Gasteiger partial charge in [0.1, 0.15) is 18.3 Å². The normalized spacial score (nSPS) is 45.3. The fourth-order valence-corrected chi connectivity index (χ4v) is 6.76. The Kier molecular flexibility index (Phi) is 6.75. The van der Waals surface area contributed by atoms with Crippen LogP contribution in [-0.4, -0.2) is 71.2 Å². The van der Waals surface area contributed by atoms with Crippen LogP contribution in [-0.2, 0) is 42.9 Å². The highest BCUT2D eigenvalue weighted by Gasteiger charge is 2.74. The Bertz CT molecular complexity index is 983. The molecule has 1 N–H and O–H groups in total. The molecule has 0 radical (unpaired) electrons. The molecule has 1 spiro atoms. The number of epoxide rings is 1. The molecule has 0 aromatic rings. The van der Waals surface area contributed by atoms with E-state index in [0.717, 1.165) is 5.57 Å². The quantitative estimate of drug-likeness (QED) is 0.261. The van der Waals surface area contributed by atoms with Gasteiger partial charge in [0.05, 0.1) is 23.5 Å². The van der Waals surface area contributed by atoms with Crippen LogP contribution < -0.4 is 0 Å². The zero-order chi connectivity index (χ0) is 26.6. The summed E-state index contributed by atoms with van der Waals surface area (Å²) in [5.41, 5.74) is -3.09. The van der Waals surface area contributed by atoms with Gasteiger partial charge in [-0.1, -0.05) is 12.5 Å². The van der Waals surface area contributed by atoms with Crippen molar-refractivity contribution in [3.63, 3.8) is 0 Å². The molecule has 10 heteroatoms. The average molecular weight is 509 g/mol. The van der Waals surface area contributed by atoms with E-state index in [4.69, 9.17) is 23.7 Å². The lowest BCUT2D eigenvalue weighted by atomic mass is 9.52. The lowest BCUT2D eigenvalue weighted by Crippen LogP contribution is -2.69. The van der Waals surface area contributed by atoms with Crippen LogP contribution in [0.15, 0.2) is 11.6 Å². The van der Waals surface area contributed by atoms with Crippen molar-refractivity contribution < 1.29 is 48.0 Å². The molecule has 9 atom stereocenters. The van der Waals surface area contributed by atoms with Gasteiger partial charge in [0.2, 0.25) is 0 Å². The number of aliphatic hydroxyl groups is 1. The van der Waals surface area contributed by atoms with E-state index in [-0.39, 0.29) is 0 Å². The predicted octanol–water partition coefficient (Wildman–Crippen LogP) is 2.00. The Morgan fingerprint density at radius 2 is 1.58 bits per heavy atom. The summed E-state index contributed by atoms with van der Waals surface area (Å²) >= 11 is 0. The zero-order valence-electron chi connectivity index (χ0n) is 21.7. The third-order valence-electron chi connectivity index (χ3n) is 8.62. The first-order chi connectivity index (χ1) is 16.8. The number of fused-ring (bicyclic) bond motifs is 3. The highest BCUT2D eigenvalue weighted by Crippen LogP contribution is 2.62. The van der Waals surface area contributed by atoms with E-state index in [1.807, 2.05) is 13.8 Å². The Hall–Kier alpha value is -2.46. The van der Waals surface area contributed by atoms with Crippen LogP contribution >= 0.6 is 0 Å². The molecule has 0 aromatic heterocycles. The molecule has 0 unspecified atom stereocenters. The smallest absolute Gasteiger partial charge is 0.312 e. The summed E-state index contributed by atoms with van der Waals surface area (Å²) in [5.74, 6) is -4.10. The highest BCUT2D eigenvalue weighted by molar-refractivity contribution is 5.77. The zero-order valence-corrected chi connectivity index (χ0v) is 21.7. The van der Waals surface area contributed by atoms with Crippen molar-refractivity contribution in [2.75, 3.05) is 6.61 Å². The first kappa shape index (κ1) is 26.6. The molecule has 2 saturated heterocycles.